The van der Waals surface area contributed by atoms with E-state index in [9.17, 15) is 8.78 Å². The van der Waals surface area contributed by atoms with Gasteiger partial charge in [0.25, 0.3) is 0 Å². The van der Waals surface area contributed by atoms with Crippen molar-refractivity contribution in [1.29, 1.82) is 0 Å². The van der Waals surface area contributed by atoms with Crippen LogP contribution in [0.25, 0.3) is 32.8 Å². The second-order valence-corrected chi connectivity index (χ2v) is 12.8. The van der Waals surface area contributed by atoms with E-state index in [1.165, 1.54) is 24.3 Å². The van der Waals surface area contributed by atoms with Gasteiger partial charge in [0.1, 0.15) is 29.6 Å². The first-order valence-corrected chi connectivity index (χ1v) is 15.2. The Bertz CT molecular complexity index is 1890. The van der Waals surface area contributed by atoms with Crippen molar-refractivity contribution in [1.82, 2.24) is 20.2 Å². The summed E-state index contributed by atoms with van der Waals surface area (Å²) in [6.45, 7) is 4.49. The highest BCUT2D eigenvalue weighted by Gasteiger charge is 2.37. The minimum Gasteiger partial charge on any atom is -0.462 e. The molecule has 3 atom stereocenters. The van der Waals surface area contributed by atoms with Gasteiger partial charge in [-0.3, -0.25) is 0 Å². The van der Waals surface area contributed by atoms with E-state index in [1.807, 2.05) is 18.9 Å². The molecule has 3 aliphatic heterocycles. The molecule has 1 aromatic heterocycles. The molecule has 6 nitrogen and oxygen atoms in total. The molecule has 10 heteroatoms. The normalized spacial score (nSPS) is 24.5. The van der Waals surface area contributed by atoms with Crippen molar-refractivity contribution in [3.63, 3.8) is 0 Å². The van der Waals surface area contributed by atoms with Crippen molar-refractivity contribution in [3.05, 3.63) is 71.3 Å². The highest BCUT2D eigenvalue weighted by molar-refractivity contribution is 6.03. The number of fused-ring (bicyclic) bond motifs is 4. The Kier molecular flexibility index (Phi) is 7.41. The van der Waals surface area contributed by atoms with Crippen LogP contribution in [-0.4, -0.2) is 66.8 Å². The molecule has 4 heterocycles. The monoisotopic (exact) mass is 615 g/mol. The van der Waals surface area contributed by atoms with Crippen molar-refractivity contribution in [2.75, 3.05) is 44.7 Å². The Hall–Kier alpha value is -4.20. The third kappa shape index (κ3) is 5.08. The molecule has 3 aromatic carbocycles. The van der Waals surface area contributed by atoms with Gasteiger partial charge in [-0.2, -0.15) is 9.97 Å². The fraction of sp³-hybridized carbons (Fsp3) is 0.371. The van der Waals surface area contributed by atoms with E-state index >= 15 is 8.78 Å². The summed E-state index contributed by atoms with van der Waals surface area (Å²) < 4.78 is 67.8. The van der Waals surface area contributed by atoms with E-state index in [-0.39, 0.29) is 57.7 Å². The van der Waals surface area contributed by atoms with Crippen LogP contribution in [0.2, 0.25) is 0 Å². The Morgan fingerprint density at radius 2 is 1.89 bits per heavy atom. The van der Waals surface area contributed by atoms with Gasteiger partial charge in [-0.05, 0) is 55.0 Å². The predicted molar refractivity (Wildman–Crippen MR) is 167 cm³/mol. The first-order chi connectivity index (χ1) is 21.7. The van der Waals surface area contributed by atoms with Crippen LogP contribution >= 0.6 is 0 Å². The number of aromatic nitrogens is 2. The maximum absolute atomic E-state index is 16.8. The maximum Gasteiger partial charge on any atom is 0.319 e. The van der Waals surface area contributed by atoms with Crippen molar-refractivity contribution < 1.29 is 22.3 Å². The van der Waals surface area contributed by atoms with Gasteiger partial charge in [0.15, 0.2) is 5.82 Å². The van der Waals surface area contributed by atoms with Crippen LogP contribution in [0.4, 0.5) is 23.4 Å². The lowest BCUT2D eigenvalue weighted by Gasteiger charge is -2.40. The summed E-state index contributed by atoms with van der Waals surface area (Å²) in [5.74, 6) is 0.300. The molecule has 3 aliphatic rings. The SMILES string of the molecule is C#Cc1c(F)ccc2cccc(-c3c(F)cc4c(N5C[C@H]6CC[C@@H](C5)N6)nc(OC[C@]5(C)CN(C)CC/C5=C/F)nc4c3F)c12. The minimum absolute atomic E-state index is 0.0641. The Balaban J connectivity index is 1.40. The molecule has 45 heavy (non-hydrogen) atoms. The number of hydrogen-bond donors (Lipinski definition) is 1. The molecule has 0 amide bonds. The molecule has 7 rings (SSSR count). The summed E-state index contributed by atoms with van der Waals surface area (Å²) in [4.78, 5) is 13.3. The molecular formula is C35H33F4N5O. The third-order valence-corrected chi connectivity index (χ3v) is 9.58. The quantitative estimate of drug-likeness (QED) is 0.208. The molecule has 0 aliphatic carbocycles. The highest BCUT2D eigenvalue weighted by Crippen LogP contribution is 2.41. The summed E-state index contributed by atoms with van der Waals surface area (Å²) in [6.07, 6.45) is 8.86. The average molecular weight is 616 g/mol. The van der Waals surface area contributed by atoms with Gasteiger partial charge in [0.05, 0.1) is 17.5 Å². The summed E-state index contributed by atoms with van der Waals surface area (Å²) in [7, 11) is 1.97. The van der Waals surface area contributed by atoms with Crippen molar-refractivity contribution >= 4 is 27.5 Å². The number of rotatable bonds is 5. The first kappa shape index (κ1) is 29.5. The van der Waals surface area contributed by atoms with Crippen LogP contribution in [-0.2, 0) is 0 Å². The number of terminal acetylenes is 1. The summed E-state index contributed by atoms with van der Waals surface area (Å²) >= 11 is 0. The standard InChI is InChI=1S/C35H33F4N5O/c1-4-24-27(37)11-8-20-6-5-7-25(29(20)24)30-28(38)14-26-32(31(30)39)41-34(42-33(26)44-16-22-9-10-23(17-44)40-22)45-19-35(2)18-43(3)13-12-21(35)15-36/h1,5-8,11,14-15,22-23,40H,9-10,12-13,16-19H2,2-3H3/b21-15-/t22-,23+,35-/m0/s1. The topological polar surface area (TPSA) is 53.5 Å². The number of piperazine rings is 1. The van der Waals surface area contributed by atoms with Crippen LogP contribution in [0.15, 0.2) is 48.3 Å². The fourth-order valence-corrected chi connectivity index (χ4v) is 7.32. The van der Waals surface area contributed by atoms with Crippen LogP contribution in [0.5, 0.6) is 6.01 Å². The number of nitrogens with one attached hydrogen (secondary N) is 1. The fourth-order valence-electron chi connectivity index (χ4n) is 7.32. The lowest BCUT2D eigenvalue weighted by molar-refractivity contribution is 0.109. The molecular weight excluding hydrogens is 582 g/mol. The predicted octanol–water partition coefficient (Wildman–Crippen LogP) is 6.36. The van der Waals surface area contributed by atoms with Gasteiger partial charge in [-0.25, -0.2) is 17.6 Å². The van der Waals surface area contributed by atoms with E-state index in [4.69, 9.17) is 16.1 Å². The van der Waals surface area contributed by atoms with Gasteiger partial charge in [0.2, 0.25) is 0 Å². The number of likely N-dealkylation sites (tertiary alicyclic amines) is 1. The van der Waals surface area contributed by atoms with Crippen LogP contribution in [0, 0.1) is 35.2 Å². The first-order valence-electron chi connectivity index (χ1n) is 15.2. The zero-order valence-corrected chi connectivity index (χ0v) is 25.1. The molecule has 4 aromatic rings. The molecule has 1 N–H and O–H groups in total. The molecule has 0 saturated carbocycles. The minimum atomic E-state index is -0.927. The van der Waals surface area contributed by atoms with Crippen LogP contribution in [0.1, 0.15) is 31.7 Å². The molecule has 232 valence electrons. The number of anilines is 1. The molecule has 2 bridgehead atoms. The van der Waals surface area contributed by atoms with E-state index in [2.05, 4.69) is 21.1 Å². The maximum atomic E-state index is 16.8. The summed E-state index contributed by atoms with van der Waals surface area (Å²) in [5, 5.41) is 4.56. The zero-order valence-electron chi connectivity index (χ0n) is 25.1. The van der Waals surface area contributed by atoms with Crippen molar-refractivity contribution in [2.45, 2.75) is 38.3 Å². The van der Waals surface area contributed by atoms with Crippen molar-refractivity contribution in [3.8, 4) is 29.5 Å². The molecule has 0 spiro atoms. The Labute approximate surface area is 259 Å². The number of hydrogen-bond acceptors (Lipinski definition) is 6. The second kappa shape index (κ2) is 11.3. The van der Waals surface area contributed by atoms with Crippen LogP contribution in [0.3, 0.4) is 0 Å². The Morgan fingerprint density at radius 3 is 2.62 bits per heavy atom. The molecule has 0 radical (unpaired) electrons. The van der Waals surface area contributed by atoms with Gasteiger partial charge >= 0.3 is 6.01 Å². The second-order valence-electron chi connectivity index (χ2n) is 12.8. The number of piperidine rings is 1. The number of ether oxygens (including phenoxy) is 1. The van der Waals surface area contributed by atoms with E-state index in [0.717, 1.165) is 19.4 Å². The summed E-state index contributed by atoms with van der Waals surface area (Å²) in [5.41, 5.74) is -0.471. The van der Waals surface area contributed by atoms with Crippen LogP contribution < -0.4 is 15.0 Å². The van der Waals surface area contributed by atoms with Crippen molar-refractivity contribution in [2.24, 2.45) is 5.41 Å². The zero-order chi connectivity index (χ0) is 31.5. The molecule has 3 fully saturated rings. The lowest BCUT2D eigenvalue weighted by atomic mass is 9.78. The number of benzene rings is 3. The molecule has 0 unspecified atom stereocenters. The summed E-state index contributed by atoms with van der Waals surface area (Å²) in [6, 6.07) is 9.27. The molecule has 3 saturated heterocycles. The van der Waals surface area contributed by atoms with Gasteiger partial charge < -0.3 is 19.9 Å². The van der Waals surface area contributed by atoms with Gasteiger partial charge in [0, 0.05) is 54.5 Å². The third-order valence-electron chi connectivity index (χ3n) is 9.58. The highest BCUT2D eigenvalue weighted by atomic mass is 19.1. The van der Waals surface area contributed by atoms with Gasteiger partial charge in [-0.1, -0.05) is 37.1 Å². The Morgan fingerprint density at radius 1 is 1.11 bits per heavy atom. The van der Waals surface area contributed by atoms with E-state index in [0.29, 0.717) is 49.2 Å². The average Bonchev–Trinajstić information content (AvgIpc) is 3.37. The lowest BCUT2D eigenvalue weighted by Crippen LogP contribution is -2.51. The number of nitrogens with zero attached hydrogens (tertiary/aromatic N) is 4. The van der Waals surface area contributed by atoms with Gasteiger partial charge in [-0.15, -0.1) is 6.42 Å². The van der Waals surface area contributed by atoms with E-state index < -0.39 is 22.9 Å². The number of halogens is 4. The largest absolute Gasteiger partial charge is 0.462 e. The smallest absolute Gasteiger partial charge is 0.319 e. The van der Waals surface area contributed by atoms with E-state index in [1.54, 1.807) is 12.1 Å².